The summed E-state index contributed by atoms with van der Waals surface area (Å²) in [5.74, 6) is 0.728. The van der Waals surface area contributed by atoms with E-state index in [1.165, 1.54) is 6.07 Å². The highest BCUT2D eigenvalue weighted by molar-refractivity contribution is 5.17. The van der Waals surface area contributed by atoms with Crippen LogP contribution in [-0.4, -0.2) is 15.1 Å². The van der Waals surface area contributed by atoms with E-state index < -0.39 is 0 Å². The highest BCUT2D eigenvalue weighted by Crippen LogP contribution is 2.07. The number of aliphatic hydroxyl groups is 1. The molecular weight excluding hydrogens is 224 g/mol. The topological polar surface area (TPSA) is 85.5 Å². The van der Waals surface area contributed by atoms with Gasteiger partial charge in [-0.15, -0.1) is 0 Å². The third-order valence-corrected chi connectivity index (χ3v) is 1.98. The fourth-order valence-corrected chi connectivity index (χ4v) is 1.17. The third kappa shape index (κ3) is 2.88. The Balaban J connectivity index is 2.07. The van der Waals surface area contributed by atoms with Crippen molar-refractivity contribution in [3.05, 3.63) is 52.6 Å². The van der Waals surface area contributed by atoms with Gasteiger partial charge in [0.05, 0.1) is 0 Å². The van der Waals surface area contributed by atoms with Crippen molar-refractivity contribution in [3.63, 3.8) is 0 Å². The molecule has 0 radical (unpaired) electrons. The van der Waals surface area contributed by atoms with E-state index in [1.807, 2.05) is 0 Å². The minimum Gasteiger partial charge on any atom is -0.478 e. The molecule has 0 aliphatic carbocycles. The molecule has 6 nitrogen and oxygen atoms in total. The standard InChI is InChI=1S/C11H10N2O4/c14-5-8-4-9(15)10(6-16-8)17-7-11-12-2-1-3-13-11/h1-4,6,14H,5,7H2. The normalized spacial score (nSPS) is 10.2. The maximum atomic E-state index is 11.5. The van der Waals surface area contributed by atoms with Crippen molar-refractivity contribution in [3.8, 4) is 5.75 Å². The van der Waals surface area contributed by atoms with E-state index in [0.29, 0.717) is 5.82 Å². The van der Waals surface area contributed by atoms with Gasteiger partial charge in [0.2, 0.25) is 11.2 Å². The summed E-state index contributed by atoms with van der Waals surface area (Å²) in [7, 11) is 0. The first-order valence-electron chi connectivity index (χ1n) is 4.91. The Morgan fingerprint density at radius 1 is 1.35 bits per heavy atom. The molecule has 0 unspecified atom stereocenters. The molecule has 0 amide bonds. The number of aliphatic hydroxyl groups excluding tert-OH is 1. The van der Waals surface area contributed by atoms with Crippen LogP contribution < -0.4 is 10.2 Å². The Labute approximate surface area is 96.5 Å². The Hall–Kier alpha value is -2.21. The maximum Gasteiger partial charge on any atom is 0.227 e. The van der Waals surface area contributed by atoms with Crippen LogP contribution >= 0.6 is 0 Å². The lowest BCUT2D eigenvalue weighted by molar-refractivity contribution is 0.235. The molecule has 0 spiro atoms. The quantitative estimate of drug-likeness (QED) is 0.829. The average molecular weight is 234 g/mol. The first kappa shape index (κ1) is 11.3. The summed E-state index contributed by atoms with van der Waals surface area (Å²) in [6.07, 6.45) is 4.34. The Morgan fingerprint density at radius 3 is 2.76 bits per heavy atom. The predicted octanol–water partition coefficient (Wildman–Crippen LogP) is 0.501. The smallest absolute Gasteiger partial charge is 0.227 e. The van der Waals surface area contributed by atoms with E-state index in [9.17, 15) is 4.79 Å². The fraction of sp³-hybridized carbons (Fsp3) is 0.182. The van der Waals surface area contributed by atoms with E-state index in [2.05, 4.69) is 9.97 Å². The van der Waals surface area contributed by atoms with Crippen LogP contribution in [0.2, 0.25) is 0 Å². The summed E-state index contributed by atoms with van der Waals surface area (Å²) in [6, 6.07) is 2.87. The summed E-state index contributed by atoms with van der Waals surface area (Å²) >= 11 is 0. The van der Waals surface area contributed by atoms with Crippen LogP contribution in [0.1, 0.15) is 11.6 Å². The third-order valence-electron chi connectivity index (χ3n) is 1.98. The lowest BCUT2D eigenvalue weighted by Gasteiger charge is -2.03. The summed E-state index contributed by atoms with van der Waals surface area (Å²) < 4.78 is 10.2. The molecule has 17 heavy (non-hydrogen) atoms. The van der Waals surface area contributed by atoms with Gasteiger partial charge in [0.1, 0.15) is 25.2 Å². The Morgan fingerprint density at radius 2 is 2.12 bits per heavy atom. The zero-order valence-electron chi connectivity index (χ0n) is 8.87. The molecule has 0 atom stereocenters. The molecule has 0 aromatic carbocycles. The number of hydrogen-bond acceptors (Lipinski definition) is 6. The van der Waals surface area contributed by atoms with Crippen LogP contribution in [-0.2, 0) is 13.2 Å². The van der Waals surface area contributed by atoms with Crippen LogP contribution in [0, 0.1) is 0 Å². The molecule has 1 N–H and O–H groups in total. The molecule has 2 aromatic rings. The van der Waals surface area contributed by atoms with Crippen molar-refractivity contribution in [2.24, 2.45) is 0 Å². The molecule has 2 rings (SSSR count). The second-order valence-corrected chi connectivity index (χ2v) is 3.19. The molecule has 0 aliphatic rings. The van der Waals surface area contributed by atoms with Gasteiger partial charge in [-0.1, -0.05) is 0 Å². The number of hydrogen-bond donors (Lipinski definition) is 1. The molecule has 0 saturated heterocycles. The summed E-state index contributed by atoms with van der Waals surface area (Å²) in [6.45, 7) is -0.235. The molecule has 0 aliphatic heterocycles. The zero-order chi connectivity index (χ0) is 12.1. The van der Waals surface area contributed by atoms with E-state index in [4.69, 9.17) is 14.3 Å². The van der Waals surface area contributed by atoms with Crippen molar-refractivity contribution in [2.45, 2.75) is 13.2 Å². The van der Waals surface area contributed by atoms with Crippen molar-refractivity contribution in [1.82, 2.24) is 9.97 Å². The van der Waals surface area contributed by atoms with Gasteiger partial charge in [-0.25, -0.2) is 9.97 Å². The van der Waals surface area contributed by atoms with Crippen LogP contribution in [0.5, 0.6) is 5.75 Å². The van der Waals surface area contributed by atoms with Crippen LogP contribution in [0.25, 0.3) is 0 Å². The molecule has 0 bridgehead atoms. The largest absolute Gasteiger partial charge is 0.478 e. The maximum absolute atomic E-state index is 11.5. The minimum absolute atomic E-state index is 0.0645. The van der Waals surface area contributed by atoms with E-state index in [1.54, 1.807) is 18.5 Å². The summed E-state index contributed by atoms with van der Waals surface area (Å²) in [5.41, 5.74) is -0.351. The number of aromatic nitrogens is 2. The van der Waals surface area contributed by atoms with Gasteiger partial charge >= 0.3 is 0 Å². The second-order valence-electron chi connectivity index (χ2n) is 3.19. The summed E-state index contributed by atoms with van der Waals surface area (Å²) in [4.78, 5) is 19.4. The number of nitrogens with zero attached hydrogens (tertiary/aromatic N) is 2. The number of rotatable bonds is 4. The molecule has 0 saturated carbocycles. The van der Waals surface area contributed by atoms with Crippen LogP contribution in [0.3, 0.4) is 0 Å². The van der Waals surface area contributed by atoms with E-state index >= 15 is 0 Å². The average Bonchev–Trinajstić information content (AvgIpc) is 2.38. The van der Waals surface area contributed by atoms with Crippen molar-refractivity contribution in [2.75, 3.05) is 0 Å². The first-order valence-corrected chi connectivity index (χ1v) is 4.91. The molecule has 2 aromatic heterocycles. The number of ether oxygens (including phenoxy) is 1. The van der Waals surface area contributed by atoms with E-state index in [-0.39, 0.29) is 30.2 Å². The van der Waals surface area contributed by atoms with E-state index in [0.717, 1.165) is 6.26 Å². The van der Waals surface area contributed by atoms with Gasteiger partial charge in [-0.05, 0) is 6.07 Å². The summed E-state index contributed by atoms with van der Waals surface area (Å²) in [5, 5.41) is 8.77. The highest BCUT2D eigenvalue weighted by Gasteiger charge is 2.05. The Bertz CT molecular complexity index is 539. The first-order chi connectivity index (χ1) is 8.29. The lowest BCUT2D eigenvalue weighted by atomic mass is 10.4. The zero-order valence-corrected chi connectivity index (χ0v) is 8.87. The predicted molar refractivity (Wildman–Crippen MR) is 57.3 cm³/mol. The SMILES string of the molecule is O=c1cc(CO)occ1OCc1ncccn1. The second kappa shape index (κ2) is 5.22. The van der Waals surface area contributed by atoms with Gasteiger partial charge in [-0.3, -0.25) is 4.79 Å². The molecule has 0 fully saturated rings. The highest BCUT2D eigenvalue weighted by atomic mass is 16.5. The van der Waals surface area contributed by atoms with Gasteiger partial charge in [0.25, 0.3) is 0 Å². The van der Waals surface area contributed by atoms with Gasteiger partial charge < -0.3 is 14.3 Å². The van der Waals surface area contributed by atoms with Crippen molar-refractivity contribution >= 4 is 0 Å². The minimum atomic E-state index is -0.351. The molecular formula is C11H10N2O4. The molecule has 88 valence electrons. The molecule has 6 heteroatoms. The Kier molecular flexibility index (Phi) is 3.46. The van der Waals surface area contributed by atoms with Crippen LogP contribution in [0.4, 0.5) is 0 Å². The van der Waals surface area contributed by atoms with Gasteiger partial charge in [0, 0.05) is 18.5 Å². The van der Waals surface area contributed by atoms with Crippen molar-refractivity contribution < 1.29 is 14.3 Å². The van der Waals surface area contributed by atoms with Crippen LogP contribution in [0.15, 0.2) is 40.0 Å². The van der Waals surface area contributed by atoms with Crippen molar-refractivity contribution in [1.29, 1.82) is 0 Å². The monoisotopic (exact) mass is 234 g/mol. The lowest BCUT2D eigenvalue weighted by Crippen LogP contribution is -2.09. The van der Waals surface area contributed by atoms with Gasteiger partial charge in [0.15, 0.2) is 5.82 Å². The van der Waals surface area contributed by atoms with Gasteiger partial charge in [-0.2, -0.15) is 0 Å². The fourth-order valence-electron chi connectivity index (χ4n) is 1.17. The molecule has 2 heterocycles.